The molecule has 1 aromatic heterocycles. The van der Waals surface area contributed by atoms with E-state index in [1.54, 1.807) is 25.3 Å². The first-order chi connectivity index (χ1) is 8.49. The average molecular weight is 331 g/mol. The van der Waals surface area contributed by atoms with Gasteiger partial charge in [0, 0.05) is 26.8 Å². The van der Waals surface area contributed by atoms with Crippen molar-refractivity contribution in [3.05, 3.63) is 67.3 Å². The van der Waals surface area contributed by atoms with Gasteiger partial charge in [0.05, 0.1) is 6.54 Å². The molecule has 0 spiro atoms. The fourth-order valence-electron chi connectivity index (χ4n) is 1.71. The molecule has 0 fully saturated rings. The Kier molecular flexibility index (Phi) is 3.88. The number of nitrogens with zero attached hydrogens (tertiary/aromatic N) is 1. The van der Waals surface area contributed by atoms with E-state index in [9.17, 15) is 9.18 Å². The minimum atomic E-state index is -0.410. The van der Waals surface area contributed by atoms with Crippen LogP contribution in [0.3, 0.4) is 0 Å². The van der Waals surface area contributed by atoms with Crippen LogP contribution in [0.2, 0.25) is 5.02 Å². The third-order valence-corrected chi connectivity index (χ3v) is 3.41. The highest BCUT2D eigenvalue weighted by molar-refractivity contribution is 9.10. The lowest BCUT2D eigenvalue weighted by molar-refractivity contribution is 0.595. The van der Waals surface area contributed by atoms with Crippen molar-refractivity contribution in [1.29, 1.82) is 0 Å². The summed E-state index contributed by atoms with van der Waals surface area (Å²) in [5.74, 6) is -0.410. The maximum Gasteiger partial charge on any atom is 0.253 e. The highest BCUT2D eigenvalue weighted by Crippen LogP contribution is 2.20. The molecule has 2 aromatic rings. The summed E-state index contributed by atoms with van der Waals surface area (Å²) in [6.07, 6.45) is 1.62. The van der Waals surface area contributed by atoms with E-state index < -0.39 is 5.82 Å². The molecule has 0 N–H and O–H groups in total. The summed E-state index contributed by atoms with van der Waals surface area (Å²) < 4.78 is 15.9. The predicted molar refractivity (Wildman–Crippen MR) is 73.7 cm³/mol. The zero-order valence-electron chi connectivity index (χ0n) is 9.58. The molecule has 1 aromatic carbocycles. The molecule has 1 heterocycles. The Bertz CT molecular complexity index is 634. The third-order valence-electron chi connectivity index (χ3n) is 2.62. The normalized spacial score (nSPS) is 10.7. The lowest BCUT2D eigenvalue weighted by Gasteiger charge is -2.10. The van der Waals surface area contributed by atoms with Crippen LogP contribution in [0.15, 0.2) is 39.7 Å². The number of aryl methyl sites for hydroxylation is 1. The van der Waals surface area contributed by atoms with Crippen LogP contribution in [-0.4, -0.2) is 4.57 Å². The topological polar surface area (TPSA) is 22.0 Å². The Balaban J connectivity index is 2.50. The molecular weight excluding hydrogens is 321 g/mol. The fourth-order valence-corrected chi connectivity index (χ4v) is 2.52. The molecule has 0 aliphatic heterocycles. The number of hydrogen-bond donors (Lipinski definition) is 0. The first-order valence-electron chi connectivity index (χ1n) is 5.28. The fraction of sp³-hybridized carbons (Fsp3) is 0.154. The molecule has 0 saturated heterocycles. The highest BCUT2D eigenvalue weighted by atomic mass is 79.9. The Morgan fingerprint density at radius 2 is 2.17 bits per heavy atom. The summed E-state index contributed by atoms with van der Waals surface area (Å²) in [5.41, 5.74) is 0.758. The summed E-state index contributed by atoms with van der Waals surface area (Å²) in [4.78, 5) is 11.9. The van der Waals surface area contributed by atoms with Crippen LogP contribution in [-0.2, 0) is 6.54 Å². The lowest BCUT2D eigenvalue weighted by Crippen LogP contribution is -2.22. The van der Waals surface area contributed by atoms with E-state index in [1.807, 2.05) is 0 Å². The monoisotopic (exact) mass is 329 g/mol. The molecule has 0 atom stereocenters. The summed E-state index contributed by atoms with van der Waals surface area (Å²) >= 11 is 9.26. The van der Waals surface area contributed by atoms with Crippen LogP contribution in [0.5, 0.6) is 0 Å². The van der Waals surface area contributed by atoms with E-state index >= 15 is 0 Å². The lowest BCUT2D eigenvalue weighted by atomic mass is 10.2. The van der Waals surface area contributed by atoms with Gasteiger partial charge in [0.25, 0.3) is 5.56 Å². The summed E-state index contributed by atoms with van der Waals surface area (Å²) in [5, 5.41) is 0.319. The Morgan fingerprint density at radius 3 is 2.83 bits per heavy atom. The molecule has 5 heteroatoms. The molecule has 0 aliphatic rings. The zero-order chi connectivity index (χ0) is 13.3. The van der Waals surface area contributed by atoms with E-state index in [0.29, 0.717) is 16.1 Å². The number of pyridine rings is 1. The minimum absolute atomic E-state index is 0.116. The second kappa shape index (κ2) is 5.24. The summed E-state index contributed by atoms with van der Waals surface area (Å²) in [7, 11) is 0. The Morgan fingerprint density at radius 1 is 1.44 bits per heavy atom. The van der Waals surface area contributed by atoms with Crippen molar-refractivity contribution >= 4 is 27.5 Å². The molecule has 0 saturated carbocycles. The maximum atomic E-state index is 13.7. The van der Waals surface area contributed by atoms with E-state index in [-0.39, 0.29) is 12.1 Å². The largest absolute Gasteiger partial charge is 0.310 e. The van der Waals surface area contributed by atoms with Crippen LogP contribution in [0.4, 0.5) is 4.39 Å². The van der Waals surface area contributed by atoms with Crippen molar-refractivity contribution in [2.45, 2.75) is 13.5 Å². The van der Waals surface area contributed by atoms with Gasteiger partial charge in [-0.3, -0.25) is 4.79 Å². The van der Waals surface area contributed by atoms with Gasteiger partial charge in [-0.2, -0.15) is 0 Å². The molecular formula is C13H10BrClFNO. The van der Waals surface area contributed by atoms with E-state index in [4.69, 9.17) is 11.6 Å². The number of halogens is 3. The van der Waals surface area contributed by atoms with Crippen molar-refractivity contribution in [3.8, 4) is 0 Å². The van der Waals surface area contributed by atoms with Gasteiger partial charge >= 0.3 is 0 Å². The second-order valence-electron chi connectivity index (χ2n) is 3.97. The first-order valence-corrected chi connectivity index (χ1v) is 6.45. The van der Waals surface area contributed by atoms with Gasteiger partial charge in [-0.15, -0.1) is 0 Å². The predicted octanol–water partition coefficient (Wildman–Crippen LogP) is 3.76. The number of benzene rings is 1. The highest BCUT2D eigenvalue weighted by Gasteiger charge is 2.09. The first kappa shape index (κ1) is 13.3. The smallest absolute Gasteiger partial charge is 0.253 e. The van der Waals surface area contributed by atoms with E-state index in [1.165, 1.54) is 16.7 Å². The number of hydrogen-bond acceptors (Lipinski definition) is 1. The molecule has 0 unspecified atom stereocenters. The molecule has 0 bridgehead atoms. The van der Waals surface area contributed by atoms with Gasteiger partial charge in [0.15, 0.2) is 0 Å². The molecule has 0 amide bonds. The Labute approximate surface area is 117 Å². The van der Waals surface area contributed by atoms with Crippen LogP contribution < -0.4 is 5.56 Å². The van der Waals surface area contributed by atoms with Crippen molar-refractivity contribution in [1.82, 2.24) is 4.57 Å². The van der Waals surface area contributed by atoms with Crippen molar-refractivity contribution in [2.24, 2.45) is 0 Å². The molecule has 0 radical (unpaired) electrons. The summed E-state index contributed by atoms with van der Waals surface area (Å²) in [6.45, 7) is 1.83. The van der Waals surface area contributed by atoms with Crippen molar-refractivity contribution in [3.63, 3.8) is 0 Å². The number of aromatic nitrogens is 1. The standard InChI is InChI=1S/C13H10BrClFNO/c1-8-5-9(14)6-17(13(8)18)7-10-11(15)3-2-4-12(10)16/h2-6H,7H2,1H3. The molecule has 0 aliphatic carbocycles. The van der Waals surface area contributed by atoms with Gasteiger partial charge in [-0.1, -0.05) is 17.7 Å². The van der Waals surface area contributed by atoms with Crippen molar-refractivity contribution in [2.75, 3.05) is 0 Å². The molecule has 2 rings (SSSR count). The summed E-state index contributed by atoms with van der Waals surface area (Å²) in [6, 6.07) is 6.20. The Hall–Kier alpha value is -1.13. The molecule has 94 valence electrons. The van der Waals surface area contributed by atoms with Crippen LogP contribution in [0, 0.1) is 12.7 Å². The van der Waals surface area contributed by atoms with Gasteiger partial charge in [0.1, 0.15) is 5.82 Å². The quantitative estimate of drug-likeness (QED) is 0.822. The van der Waals surface area contributed by atoms with Crippen LogP contribution in [0.1, 0.15) is 11.1 Å². The van der Waals surface area contributed by atoms with Crippen molar-refractivity contribution < 1.29 is 4.39 Å². The van der Waals surface area contributed by atoms with E-state index in [2.05, 4.69) is 15.9 Å². The van der Waals surface area contributed by atoms with Crippen LogP contribution >= 0.6 is 27.5 Å². The van der Waals surface area contributed by atoms with Crippen LogP contribution in [0.25, 0.3) is 0 Å². The van der Waals surface area contributed by atoms with E-state index in [0.717, 1.165) is 4.47 Å². The third kappa shape index (κ3) is 2.65. The SMILES string of the molecule is Cc1cc(Br)cn(Cc2c(F)cccc2Cl)c1=O. The van der Waals surface area contributed by atoms with Gasteiger partial charge in [-0.25, -0.2) is 4.39 Å². The molecule has 18 heavy (non-hydrogen) atoms. The van der Waals surface area contributed by atoms with Gasteiger partial charge in [0.2, 0.25) is 0 Å². The maximum absolute atomic E-state index is 13.7. The van der Waals surface area contributed by atoms with Gasteiger partial charge in [-0.05, 0) is 41.1 Å². The number of rotatable bonds is 2. The molecule has 2 nitrogen and oxygen atoms in total. The minimum Gasteiger partial charge on any atom is -0.310 e. The van der Waals surface area contributed by atoms with Gasteiger partial charge < -0.3 is 4.57 Å². The average Bonchev–Trinajstić information content (AvgIpc) is 2.30. The zero-order valence-corrected chi connectivity index (χ0v) is 11.9. The second-order valence-corrected chi connectivity index (χ2v) is 5.30.